The lowest BCUT2D eigenvalue weighted by atomic mass is 10.1. The minimum atomic E-state index is -0.303. The summed E-state index contributed by atoms with van der Waals surface area (Å²) < 4.78 is 0. The molecule has 98 valence electrons. The van der Waals surface area contributed by atoms with Crippen molar-refractivity contribution in [3.8, 4) is 0 Å². The van der Waals surface area contributed by atoms with Gasteiger partial charge in [0.1, 0.15) is 5.69 Å². The maximum Gasteiger partial charge on any atom is 0.271 e. The zero-order valence-electron chi connectivity index (χ0n) is 10.6. The van der Waals surface area contributed by atoms with Gasteiger partial charge < -0.3 is 11.1 Å². The highest BCUT2D eigenvalue weighted by atomic mass is 32.1. The van der Waals surface area contributed by atoms with Crippen LogP contribution in [0.5, 0.6) is 0 Å². The molecule has 0 aliphatic rings. The second kappa shape index (κ2) is 5.75. The Morgan fingerprint density at radius 1 is 1.42 bits per heavy atom. The third-order valence-electron chi connectivity index (χ3n) is 2.95. The van der Waals surface area contributed by atoms with Crippen molar-refractivity contribution in [1.29, 1.82) is 0 Å². The molecule has 0 saturated carbocycles. The minimum absolute atomic E-state index is 0.253. The molecule has 0 saturated heterocycles. The van der Waals surface area contributed by atoms with Crippen LogP contribution in [0.4, 0.5) is 0 Å². The Morgan fingerprint density at radius 2 is 2.16 bits per heavy atom. The summed E-state index contributed by atoms with van der Waals surface area (Å²) in [5.41, 5.74) is 5.98. The van der Waals surface area contributed by atoms with Crippen molar-refractivity contribution in [3.63, 3.8) is 0 Å². The van der Waals surface area contributed by atoms with Gasteiger partial charge in [-0.05, 0) is 17.9 Å². The van der Waals surface area contributed by atoms with Crippen LogP contribution in [0.1, 0.15) is 23.8 Å². The van der Waals surface area contributed by atoms with E-state index < -0.39 is 0 Å². The normalized spacial score (nSPS) is 12.1. The third kappa shape index (κ3) is 2.88. The van der Waals surface area contributed by atoms with Crippen LogP contribution < -0.4 is 11.1 Å². The topological polar surface area (TPSA) is 68.0 Å². The zero-order valence-corrected chi connectivity index (χ0v) is 11.4. The number of fused-ring (bicyclic) bond motifs is 1. The number of nitrogens with two attached hydrogens (primary N) is 1. The van der Waals surface area contributed by atoms with E-state index in [4.69, 9.17) is 18.0 Å². The summed E-state index contributed by atoms with van der Waals surface area (Å²) in [4.78, 5) is 16.7. The molecule has 0 spiro atoms. The first-order chi connectivity index (χ1) is 9.13. The molecule has 4 nitrogen and oxygen atoms in total. The number of carbonyl (C=O) groups excluding carboxylic acids is 1. The van der Waals surface area contributed by atoms with Gasteiger partial charge in [-0.2, -0.15) is 0 Å². The summed E-state index contributed by atoms with van der Waals surface area (Å²) in [7, 11) is 0. The van der Waals surface area contributed by atoms with Crippen molar-refractivity contribution < 1.29 is 4.79 Å². The number of pyridine rings is 1. The summed E-state index contributed by atoms with van der Waals surface area (Å²) >= 11 is 4.92. The van der Waals surface area contributed by atoms with Gasteiger partial charge in [0.05, 0.1) is 11.0 Å². The van der Waals surface area contributed by atoms with Crippen LogP contribution in [-0.2, 0) is 0 Å². The van der Waals surface area contributed by atoms with Crippen molar-refractivity contribution in [2.75, 3.05) is 0 Å². The summed E-state index contributed by atoms with van der Waals surface area (Å²) in [5, 5.41) is 4.60. The lowest BCUT2D eigenvalue weighted by Crippen LogP contribution is -2.43. The van der Waals surface area contributed by atoms with Gasteiger partial charge in [0.15, 0.2) is 0 Å². The monoisotopic (exact) mass is 273 g/mol. The van der Waals surface area contributed by atoms with Gasteiger partial charge in [-0.25, -0.2) is 0 Å². The maximum atomic E-state index is 12.2. The van der Waals surface area contributed by atoms with Crippen molar-refractivity contribution >= 4 is 33.9 Å². The van der Waals surface area contributed by atoms with E-state index in [1.165, 1.54) is 0 Å². The summed E-state index contributed by atoms with van der Waals surface area (Å²) in [5.74, 6) is -0.253. The molecule has 0 radical (unpaired) electrons. The molecule has 1 atom stereocenters. The number of hydrogen-bond donors (Lipinski definition) is 2. The highest BCUT2D eigenvalue weighted by Gasteiger charge is 2.17. The van der Waals surface area contributed by atoms with Crippen LogP contribution in [0.3, 0.4) is 0 Å². The quantitative estimate of drug-likeness (QED) is 0.836. The van der Waals surface area contributed by atoms with Gasteiger partial charge in [-0.15, -0.1) is 0 Å². The number of amides is 1. The van der Waals surface area contributed by atoms with Crippen LogP contribution in [0.15, 0.2) is 36.5 Å². The van der Waals surface area contributed by atoms with E-state index in [-0.39, 0.29) is 16.9 Å². The molecule has 1 heterocycles. The van der Waals surface area contributed by atoms with Gasteiger partial charge in [0, 0.05) is 11.6 Å². The molecule has 0 aliphatic heterocycles. The predicted octanol–water partition coefficient (Wildman–Crippen LogP) is 2.03. The van der Waals surface area contributed by atoms with E-state index in [2.05, 4.69) is 10.3 Å². The Kier molecular flexibility index (Phi) is 4.06. The lowest BCUT2D eigenvalue weighted by molar-refractivity contribution is 0.0943. The fourth-order valence-corrected chi connectivity index (χ4v) is 2.13. The molecular weight excluding hydrogens is 258 g/mol. The fraction of sp³-hybridized carbons (Fsp3) is 0.214. The number of aromatic nitrogens is 1. The van der Waals surface area contributed by atoms with Gasteiger partial charge >= 0.3 is 0 Å². The Morgan fingerprint density at radius 3 is 2.84 bits per heavy atom. The van der Waals surface area contributed by atoms with Crippen molar-refractivity contribution in [3.05, 3.63) is 42.2 Å². The third-order valence-corrected chi connectivity index (χ3v) is 3.23. The predicted molar refractivity (Wildman–Crippen MR) is 80.1 cm³/mol. The first-order valence-electron chi connectivity index (χ1n) is 6.07. The SMILES string of the molecule is CCC(NC(=O)c1nccc2ccccc12)C(N)=S. The Labute approximate surface area is 117 Å². The Hall–Kier alpha value is -2.01. The van der Waals surface area contributed by atoms with E-state index >= 15 is 0 Å². The average Bonchev–Trinajstić information content (AvgIpc) is 2.43. The van der Waals surface area contributed by atoms with Gasteiger partial charge in [0.2, 0.25) is 0 Å². The summed E-state index contributed by atoms with van der Waals surface area (Å²) in [6.07, 6.45) is 2.28. The van der Waals surface area contributed by atoms with Crippen molar-refractivity contribution in [2.45, 2.75) is 19.4 Å². The highest BCUT2D eigenvalue weighted by Crippen LogP contribution is 2.16. The first-order valence-corrected chi connectivity index (χ1v) is 6.48. The zero-order chi connectivity index (χ0) is 13.8. The van der Waals surface area contributed by atoms with Crippen molar-refractivity contribution in [2.24, 2.45) is 5.73 Å². The largest absolute Gasteiger partial charge is 0.392 e. The van der Waals surface area contributed by atoms with E-state index in [0.717, 1.165) is 10.8 Å². The Balaban J connectivity index is 2.34. The average molecular weight is 273 g/mol. The first kappa shape index (κ1) is 13.4. The molecule has 2 aromatic rings. The number of benzene rings is 1. The van der Waals surface area contributed by atoms with Crippen LogP contribution >= 0.6 is 12.2 Å². The number of rotatable bonds is 4. The molecule has 1 aromatic carbocycles. The van der Waals surface area contributed by atoms with E-state index in [1.54, 1.807) is 6.20 Å². The Bertz CT molecular complexity index is 622. The fourth-order valence-electron chi connectivity index (χ4n) is 1.90. The molecule has 0 bridgehead atoms. The maximum absolute atomic E-state index is 12.2. The molecule has 1 amide bonds. The number of thiocarbonyl (C=S) groups is 1. The molecule has 0 aliphatic carbocycles. The summed E-state index contributed by atoms with van der Waals surface area (Å²) in [6, 6.07) is 9.19. The van der Waals surface area contributed by atoms with E-state index in [0.29, 0.717) is 12.1 Å². The number of nitrogens with zero attached hydrogens (tertiary/aromatic N) is 1. The molecule has 1 unspecified atom stereocenters. The number of hydrogen-bond acceptors (Lipinski definition) is 3. The highest BCUT2D eigenvalue weighted by molar-refractivity contribution is 7.80. The summed E-state index contributed by atoms with van der Waals surface area (Å²) in [6.45, 7) is 1.92. The second-order valence-electron chi connectivity index (χ2n) is 4.22. The molecule has 19 heavy (non-hydrogen) atoms. The van der Waals surface area contributed by atoms with Gasteiger partial charge in [-0.1, -0.05) is 43.4 Å². The smallest absolute Gasteiger partial charge is 0.271 e. The molecule has 3 N–H and O–H groups in total. The molecular formula is C14H15N3OS. The lowest BCUT2D eigenvalue weighted by Gasteiger charge is -2.15. The van der Waals surface area contributed by atoms with Crippen molar-refractivity contribution in [1.82, 2.24) is 10.3 Å². The van der Waals surface area contributed by atoms with Crippen LogP contribution in [0, 0.1) is 0 Å². The molecule has 5 heteroatoms. The standard InChI is InChI=1S/C14H15N3OS/c1-2-11(13(15)19)17-14(18)12-10-6-4-3-5-9(10)7-8-16-12/h3-8,11H,2H2,1H3,(H2,15,19)(H,17,18). The minimum Gasteiger partial charge on any atom is -0.392 e. The molecule has 1 aromatic heterocycles. The van der Waals surface area contributed by atoms with Gasteiger partial charge in [-0.3, -0.25) is 9.78 Å². The molecule has 2 rings (SSSR count). The molecule has 0 fully saturated rings. The number of nitrogens with one attached hydrogen (secondary N) is 1. The van der Waals surface area contributed by atoms with Crippen LogP contribution in [-0.4, -0.2) is 21.9 Å². The second-order valence-corrected chi connectivity index (χ2v) is 4.69. The van der Waals surface area contributed by atoms with Crippen LogP contribution in [0.25, 0.3) is 10.8 Å². The van der Waals surface area contributed by atoms with E-state index in [1.807, 2.05) is 37.3 Å². The van der Waals surface area contributed by atoms with E-state index in [9.17, 15) is 4.79 Å². The van der Waals surface area contributed by atoms with Crippen LogP contribution in [0.2, 0.25) is 0 Å². The number of carbonyl (C=O) groups is 1. The van der Waals surface area contributed by atoms with Gasteiger partial charge in [0.25, 0.3) is 5.91 Å².